The van der Waals surface area contributed by atoms with Gasteiger partial charge in [0, 0.05) is 5.56 Å². The van der Waals surface area contributed by atoms with Gasteiger partial charge in [-0.3, -0.25) is 0 Å². The fourth-order valence-corrected chi connectivity index (χ4v) is 3.20. The summed E-state index contributed by atoms with van der Waals surface area (Å²) in [6, 6.07) is 6.95. The highest BCUT2D eigenvalue weighted by molar-refractivity contribution is 7.89. The van der Waals surface area contributed by atoms with Gasteiger partial charge in [0.2, 0.25) is 17.5 Å². The molecule has 0 saturated heterocycles. The number of nitrogen functional groups attached to an aromatic ring is 1. The van der Waals surface area contributed by atoms with Crippen LogP contribution in [-0.2, 0) is 14.8 Å². The molecule has 0 aliphatic rings. The minimum absolute atomic E-state index is 0.0577. The smallest absolute Gasteiger partial charge is 0.361 e. The summed E-state index contributed by atoms with van der Waals surface area (Å²) in [4.78, 5) is 19.5. The molecule has 2 heterocycles. The van der Waals surface area contributed by atoms with E-state index in [9.17, 15) is 13.2 Å². The zero-order valence-corrected chi connectivity index (χ0v) is 14.0. The number of methoxy groups -OCH3 is 1. The van der Waals surface area contributed by atoms with E-state index in [1.54, 1.807) is 24.3 Å². The summed E-state index contributed by atoms with van der Waals surface area (Å²) in [6.07, 6.45) is 0.960. The number of esters is 1. The predicted octanol–water partition coefficient (Wildman–Crippen LogP) is 0.847. The molecular formula is C14H13N5O5S. The number of hydrogen-bond donors (Lipinski definition) is 1. The van der Waals surface area contributed by atoms with Crippen LogP contribution in [0.15, 0.2) is 40.1 Å². The van der Waals surface area contributed by atoms with Crippen molar-refractivity contribution < 1.29 is 22.4 Å². The monoisotopic (exact) mass is 363 g/mol. The molecule has 11 heteroatoms. The van der Waals surface area contributed by atoms with Crippen molar-refractivity contribution in [1.29, 1.82) is 0 Å². The van der Waals surface area contributed by atoms with E-state index in [0.29, 0.717) is 9.65 Å². The highest BCUT2D eigenvalue weighted by atomic mass is 32.2. The van der Waals surface area contributed by atoms with Crippen LogP contribution in [0.3, 0.4) is 0 Å². The van der Waals surface area contributed by atoms with E-state index < -0.39 is 26.8 Å². The van der Waals surface area contributed by atoms with Crippen molar-refractivity contribution in [3.05, 3.63) is 41.9 Å². The van der Waals surface area contributed by atoms with Gasteiger partial charge in [-0.15, -0.1) is 9.19 Å². The molecule has 0 radical (unpaired) electrons. The van der Waals surface area contributed by atoms with Crippen LogP contribution in [0.4, 0.5) is 5.95 Å². The Morgan fingerprint density at radius 3 is 2.52 bits per heavy atom. The Balaban J connectivity index is 2.20. The first kappa shape index (κ1) is 16.6. The molecule has 0 bridgehead atoms. The average Bonchev–Trinajstić information content (AvgIpc) is 3.22. The maximum atomic E-state index is 12.7. The molecule has 0 saturated carbocycles. The highest BCUT2D eigenvalue weighted by Gasteiger charge is 2.34. The number of hydrogen-bond acceptors (Lipinski definition) is 9. The minimum Gasteiger partial charge on any atom is -0.464 e. The molecule has 1 aromatic carbocycles. The van der Waals surface area contributed by atoms with Gasteiger partial charge < -0.3 is 14.9 Å². The molecule has 3 aromatic rings. The highest BCUT2D eigenvalue weighted by Crippen LogP contribution is 2.27. The number of anilines is 1. The number of ether oxygens (including phenoxy) is 1. The fourth-order valence-electron chi connectivity index (χ4n) is 2.03. The van der Waals surface area contributed by atoms with E-state index in [4.69, 9.17) is 10.2 Å². The summed E-state index contributed by atoms with van der Waals surface area (Å²) in [5.74, 6) is -1.42. The maximum Gasteiger partial charge on any atom is 0.361 e. The summed E-state index contributed by atoms with van der Waals surface area (Å²) in [5, 5.41) is 2.81. The van der Waals surface area contributed by atoms with E-state index in [1.807, 2.05) is 6.92 Å². The van der Waals surface area contributed by atoms with Crippen molar-refractivity contribution in [2.45, 2.75) is 12.0 Å². The van der Waals surface area contributed by atoms with Crippen LogP contribution in [0, 0.1) is 6.92 Å². The zero-order valence-electron chi connectivity index (χ0n) is 13.2. The number of nitrogens with two attached hydrogens (primary N) is 1. The minimum atomic E-state index is -4.42. The molecule has 0 amide bonds. The van der Waals surface area contributed by atoms with Crippen molar-refractivity contribution >= 4 is 21.9 Å². The molecule has 0 unspecified atom stereocenters. The lowest BCUT2D eigenvalue weighted by atomic mass is 10.1. The summed E-state index contributed by atoms with van der Waals surface area (Å²) in [6.45, 7) is 1.89. The Bertz CT molecular complexity index is 1040. The molecule has 0 aliphatic heterocycles. The zero-order chi connectivity index (χ0) is 18.2. The van der Waals surface area contributed by atoms with Crippen molar-refractivity contribution in [1.82, 2.24) is 19.2 Å². The predicted molar refractivity (Wildman–Crippen MR) is 85.0 cm³/mol. The SMILES string of the molecule is COC(=O)c1nc(-c2ccc(C)cc2)oc1S(=O)(=O)n1ncnc1N. The molecular weight excluding hydrogens is 350 g/mol. The first-order chi connectivity index (χ1) is 11.8. The number of carbonyl (C=O) groups is 1. The molecule has 130 valence electrons. The second-order valence-corrected chi connectivity index (χ2v) is 6.65. The summed E-state index contributed by atoms with van der Waals surface area (Å²) in [7, 11) is -3.32. The first-order valence-electron chi connectivity index (χ1n) is 6.92. The summed E-state index contributed by atoms with van der Waals surface area (Å²) >= 11 is 0. The quantitative estimate of drug-likeness (QED) is 0.667. The number of nitrogens with zero attached hydrogens (tertiary/aromatic N) is 4. The van der Waals surface area contributed by atoms with Crippen molar-refractivity contribution in [3.8, 4) is 11.5 Å². The van der Waals surface area contributed by atoms with Gasteiger partial charge in [0.1, 0.15) is 6.33 Å². The number of benzene rings is 1. The molecule has 3 rings (SSSR count). The average molecular weight is 363 g/mol. The van der Waals surface area contributed by atoms with Gasteiger partial charge in [-0.2, -0.15) is 13.4 Å². The van der Waals surface area contributed by atoms with Gasteiger partial charge in [0.25, 0.3) is 5.09 Å². The third kappa shape index (κ3) is 2.85. The molecule has 0 aliphatic carbocycles. The van der Waals surface area contributed by atoms with Crippen molar-refractivity contribution in [3.63, 3.8) is 0 Å². The Hall–Kier alpha value is -3.21. The number of oxazole rings is 1. The van der Waals surface area contributed by atoms with Crippen LogP contribution in [0.2, 0.25) is 0 Å². The largest absolute Gasteiger partial charge is 0.464 e. The van der Waals surface area contributed by atoms with Crippen LogP contribution in [0.5, 0.6) is 0 Å². The van der Waals surface area contributed by atoms with Crippen molar-refractivity contribution in [2.24, 2.45) is 0 Å². The van der Waals surface area contributed by atoms with E-state index in [1.165, 1.54) is 0 Å². The molecule has 0 atom stereocenters. The Labute approximate surface area is 142 Å². The van der Waals surface area contributed by atoms with Crippen LogP contribution in [0.25, 0.3) is 11.5 Å². The van der Waals surface area contributed by atoms with Crippen LogP contribution in [-0.4, -0.2) is 40.7 Å². The molecule has 10 nitrogen and oxygen atoms in total. The Morgan fingerprint density at radius 1 is 1.28 bits per heavy atom. The number of carbonyl (C=O) groups excluding carboxylic acids is 1. The van der Waals surface area contributed by atoms with E-state index in [0.717, 1.165) is 19.0 Å². The number of aryl methyl sites for hydroxylation is 1. The van der Waals surface area contributed by atoms with E-state index >= 15 is 0 Å². The van der Waals surface area contributed by atoms with E-state index in [-0.39, 0.29) is 11.8 Å². The standard InChI is InChI=1S/C14H13N5O5S/c1-8-3-5-9(6-4-8)11-18-10(12(20)23-2)13(24-11)25(21,22)19-14(15)16-7-17-19/h3-7H,1-2H3,(H2,15,16,17). The fraction of sp³-hybridized carbons (Fsp3) is 0.143. The molecule has 0 fully saturated rings. The van der Waals surface area contributed by atoms with Gasteiger partial charge in [0.15, 0.2) is 0 Å². The second kappa shape index (κ2) is 6.02. The third-order valence-electron chi connectivity index (χ3n) is 3.28. The first-order valence-corrected chi connectivity index (χ1v) is 8.36. The van der Waals surface area contributed by atoms with Crippen LogP contribution in [0.1, 0.15) is 16.1 Å². The van der Waals surface area contributed by atoms with E-state index in [2.05, 4.69) is 19.8 Å². The summed E-state index contributed by atoms with van der Waals surface area (Å²) < 4.78 is 35.8. The Kier molecular flexibility index (Phi) is 4.00. The van der Waals surface area contributed by atoms with Gasteiger partial charge in [0.05, 0.1) is 7.11 Å². The van der Waals surface area contributed by atoms with Gasteiger partial charge in [-0.05, 0) is 19.1 Å². The second-order valence-electron chi connectivity index (χ2n) is 4.98. The Morgan fingerprint density at radius 2 is 1.96 bits per heavy atom. The number of rotatable bonds is 4. The van der Waals surface area contributed by atoms with Gasteiger partial charge in [-0.25, -0.2) is 9.78 Å². The van der Waals surface area contributed by atoms with Crippen LogP contribution >= 0.6 is 0 Å². The lowest BCUT2D eigenvalue weighted by Gasteiger charge is -2.03. The molecule has 2 aromatic heterocycles. The van der Waals surface area contributed by atoms with Crippen LogP contribution < -0.4 is 5.73 Å². The molecule has 0 spiro atoms. The third-order valence-corrected chi connectivity index (χ3v) is 4.76. The lowest BCUT2D eigenvalue weighted by Crippen LogP contribution is -2.19. The topological polar surface area (TPSA) is 143 Å². The number of aromatic nitrogens is 4. The maximum absolute atomic E-state index is 12.7. The summed E-state index contributed by atoms with van der Waals surface area (Å²) in [5.41, 5.74) is 6.46. The van der Waals surface area contributed by atoms with Gasteiger partial charge >= 0.3 is 16.0 Å². The normalized spacial score (nSPS) is 11.4. The van der Waals surface area contributed by atoms with Gasteiger partial charge in [-0.1, -0.05) is 17.7 Å². The molecule has 25 heavy (non-hydrogen) atoms. The van der Waals surface area contributed by atoms with Crippen molar-refractivity contribution in [2.75, 3.05) is 12.8 Å². The molecule has 2 N–H and O–H groups in total. The lowest BCUT2D eigenvalue weighted by molar-refractivity contribution is 0.0587.